The molecule has 1 aromatic carbocycles. The van der Waals surface area contributed by atoms with E-state index in [9.17, 15) is 4.79 Å². The first kappa shape index (κ1) is 11.9. The predicted octanol–water partition coefficient (Wildman–Crippen LogP) is 2.56. The maximum atomic E-state index is 10.3. The third-order valence-corrected chi connectivity index (χ3v) is 2.57. The molecule has 0 saturated heterocycles. The lowest BCUT2D eigenvalue weighted by Crippen LogP contribution is -2.24. The molecule has 2 nitrogen and oxygen atoms in total. The summed E-state index contributed by atoms with van der Waals surface area (Å²) in [5.74, 6) is 0.411. The number of hydrogen-bond donors (Lipinski definition) is 1. The molecule has 0 bridgehead atoms. The number of nitrogens with one attached hydrogen (secondary N) is 1. The maximum Gasteiger partial charge on any atom is 0.120 e. The zero-order valence-corrected chi connectivity index (χ0v) is 9.44. The van der Waals surface area contributed by atoms with Gasteiger partial charge in [-0.3, -0.25) is 0 Å². The Morgan fingerprint density at radius 2 is 1.93 bits per heavy atom. The third kappa shape index (κ3) is 4.26. The van der Waals surface area contributed by atoms with Gasteiger partial charge >= 0.3 is 0 Å². The van der Waals surface area contributed by atoms with E-state index in [1.54, 1.807) is 0 Å². The molecule has 0 aliphatic rings. The van der Waals surface area contributed by atoms with Crippen LogP contribution in [0.15, 0.2) is 30.3 Å². The molecule has 0 spiro atoms. The van der Waals surface area contributed by atoms with Crippen molar-refractivity contribution < 1.29 is 4.79 Å². The number of hydrogen-bond acceptors (Lipinski definition) is 2. The first-order valence-corrected chi connectivity index (χ1v) is 5.46. The quantitative estimate of drug-likeness (QED) is 0.723. The molecular formula is C13H19NO. The molecule has 2 heteroatoms. The van der Waals surface area contributed by atoms with Gasteiger partial charge in [-0.1, -0.05) is 37.3 Å². The van der Waals surface area contributed by atoms with Crippen molar-refractivity contribution >= 4 is 6.29 Å². The van der Waals surface area contributed by atoms with Crippen molar-refractivity contribution in [3.8, 4) is 0 Å². The maximum absolute atomic E-state index is 10.3. The highest BCUT2D eigenvalue weighted by molar-refractivity contribution is 5.49. The van der Waals surface area contributed by atoms with Crippen molar-refractivity contribution in [1.29, 1.82) is 0 Å². The first-order chi connectivity index (χ1) is 7.24. The average Bonchev–Trinajstić information content (AvgIpc) is 2.27. The van der Waals surface area contributed by atoms with Gasteiger partial charge in [0, 0.05) is 12.5 Å². The molecule has 0 saturated carbocycles. The second kappa shape index (κ2) is 6.36. The molecule has 0 amide bonds. The molecule has 15 heavy (non-hydrogen) atoms. The van der Waals surface area contributed by atoms with Gasteiger partial charge < -0.3 is 10.1 Å². The van der Waals surface area contributed by atoms with Crippen molar-refractivity contribution in [1.82, 2.24) is 5.32 Å². The molecule has 0 aliphatic carbocycles. The van der Waals surface area contributed by atoms with E-state index < -0.39 is 0 Å². The minimum atomic E-state index is 0.348. The molecule has 0 aliphatic heterocycles. The van der Waals surface area contributed by atoms with E-state index in [1.807, 2.05) is 18.2 Å². The van der Waals surface area contributed by atoms with E-state index in [1.165, 1.54) is 5.56 Å². The number of carbonyl (C=O) groups excluding carboxylic acids is 1. The van der Waals surface area contributed by atoms with Crippen LogP contribution in [-0.2, 0) is 4.79 Å². The normalized spacial score (nSPS) is 14.5. The van der Waals surface area contributed by atoms with E-state index in [4.69, 9.17) is 0 Å². The Labute approximate surface area is 91.7 Å². The summed E-state index contributed by atoms with van der Waals surface area (Å²) in [4.78, 5) is 10.3. The van der Waals surface area contributed by atoms with Crippen molar-refractivity contribution in [2.75, 3.05) is 6.54 Å². The fourth-order valence-corrected chi connectivity index (χ4v) is 1.49. The van der Waals surface area contributed by atoms with Crippen LogP contribution in [0.2, 0.25) is 0 Å². The summed E-state index contributed by atoms with van der Waals surface area (Å²) >= 11 is 0. The Kier molecular flexibility index (Phi) is 5.05. The molecule has 82 valence electrons. The van der Waals surface area contributed by atoms with Crippen LogP contribution in [0.3, 0.4) is 0 Å². The van der Waals surface area contributed by atoms with Gasteiger partial charge in [0.15, 0.2) is 0 Å². The number of rotatable bonds is 6. The molecule has 0 radical (unpaired) electrons. The van der Waals surface area contributed by atoms with E-state index in [-0.39, 0.29) is 0 Å². The standard InChI is InChI=1S/C13H19NO/c1-11(8-9-15)10-14-12(2)13-6-4-3-5-7-13/h3-7,9,11-12,14H,8,10H2,1-2H3. The van der Waals surface area contributed by atoms with Gasteiger partial charge in [-0.2, -0.15) is 0 Å². The second-order valence-electron chi connectivity index (χ2n) is 4.05. The van der Waals surface area contributed by atoms with Crippen LogP contribution in [0.25, 0.3) is 0 Å². The smallest absolute Gasteiger partial charge is 0.120 e. The van der Waals surface area contributed by atoms with E-state index in [2.05, 4.69) is 31.3 Å². The Bertz CT molecular complexity index is 284. The lowest BCUT2D eigenvalue weighted by atomic mass is 10.1. The summed E-state index contributed by atoms with van der Waals surface area (Å²) < 4.78 is 0. The van der Waals surface area contributed by atoms with Crippen LogP contribution in [-0.4, -0.2) is 12.8 Å². The molecule has 0 heterocycles. The summed E-state index contributed by atoms with van der Waals surface area (Å²) in [5, 5.41) is 3.42. The van der Waals surface area contributed by atoms with Crippen LogP contribution in [0, 0.1) is 5.92 Å². The van der Waals surface area contributed by atoms with Crippen LogP contribution in [0.1, 0.15) is 31.9 Å². The fourth-order valence-electron chi connectivity index (χ4n) is 1.49. The van der Waals surface area contributed by atoms with Gasteiger partial charge in [-0.05, 0) is 24.9 Å². The van der Waals surface area contributed by atoms with E-state index in [0.717, 1.165) is 12.8 Å². The van der Waals surface area contributed by atoms with Crippen LogP contribution in [0.5, 0.6) is 0 Å². The molecule has 2 unspecified atom stereocenters. The summed E-state index contributed by atoms with van der Waals surface area (Å²) in [6, 6.07) is 10.7. The van der Waals surface area contributed by atoms with Crippen molar-refractivity contribution in [2.24, 2.45) is 5.92 Å². The molecule has 1 N–H and O–H groups in total. The molecule has 1 aromatic rings. The van der Waals surface area contributed by atoms with Gasteiger partial charge in [0.05, 0.1) is 0 Å². The summed E-state index contributed by atoms with van der Waals surface area (Å²) in [6.07, 6.45) is 1.62. The van der Waals surface area contributed by atoms with Crippen molar-refractivity contribution in [2.45, 2.75) is 26.3 Å². The zero-order valence-electron chi connectivity index (χ0n) is 9.44. The SMILES string of the molecule is CC(CC=O)CNC(C)c1ccccc1. The number of aldehydes is 1. The van der Waals surface area contributed by atoms with E-state index in [0.29, 0.717) is 18.4 Å². The number of benzene rings is 1. The van der Waals surface area contributed by atoms with Gasteiger partial charge in [-0.25, -0.2) is 0 Å². The fraction of sp³-hybridized carbons (Fsp3) is 0.462. The van der Waals surface area contributed by atoms with Gasteiger partial charge in [-0.15, -0.1) is 0 Å². The molecular weight excluding hydrogens is 186 g/mol. The zero-order chi connectivity index (χ0) is 11.1. The summed E-state index contributed by atoms with van der Waals surface area (Å²) in [7, 11) is 0. The predicted molar refractivity (Wildman–Crippen MR) is 62.7 cm³/mol. The first-order valence-electron chi connectivity index (χ1n) is 5.46. The van der Waals surface area contributed by atoms with Crippen LogP contribution < -0.4 is 5.32 Å². The Morgan fingerprint density at radius 1 is 1.27 bits per heavy atom. The minimum absolute atomic E-state index is 0.348. The highest BCUT2D eigenvalue weighted by atomic mass is 16.1. The Hall–Kier alpha value is -1.15. The minimum Gasteiger partial charge on any atom is -0.310 e. The molecule has 0 fully saturated rings. The Morgan fingerprint density at radius 3 is 2.53 bits per heavy atom. The molecule has 2 atom stereocenters. The van der Waals surface area contributed by atoms with Gasteiger partial charge in [0.2, 0.25) is 0 Å². The van der Waals surface area contributed by atoms with Crippen LogP contribution >= 0.6 is 0 Å². The van der Waals surface area contributed by atoms with Crippen molar-refractivity contribution in [3.63, 3.8) is 0 Å². The van der Waals surface area contributed by atoms with Gasteiger partial charge in [0.25, 0.3) is 0 Å². The van der Waals surface area contributed by atoms with E-state index >= 15 is 0 Å². The highest BCUT2D eigenvalue weighted by Crippen LogP contribution is 2.11. The lowest BCUT2D eigenvalue weighted by molar-refractivity contribution is -0.108. The highest BCUT2D eigenvalue weighted by Gasteiger charge is 2.06. The summed E-state index contributed by atoms with van der Waals surface area (Å²) in [5.41, 5.74) is 1.29. The number of carbonyl (C=O) groups is 1. The molecule has 0 aromatic heterocycles. The molecule has 1 rings (SSSR count). The Balaban J connectivity index is 2.36. The summed E-state index contributed by atoms with van der Waals surface area (Å²) in [6.45, 7) is 5.11. The second-order valence-corrected chi connectivity index (χ2v) is 4.05. The lowest BCUT2D eigenvalue weighted by Gasteiger charge is -2.16. The topological polar surface area (TPSA) is 29.1 Å². The van der Waals surface area contributed by atoms with Crippen LogP contribution in [0.4, 0.5) is 0 Å². The third-order valence-electron chi connectivity index (χ3n) is 2.57. The average molecular weight is 205 g/mol. The largest absolute Gasteiger partial charge is 0.310 e. The van der Waals surface area contributed by atoms with Gasteiger partial charge in [0.1, 0.15) is 6.29 Å². The van der Waals surface area contributed by atoms with Crippen molar-refractivity contribution in [3.05, 3.63) is 35.9 Å². The monoisotopic (exact) mass is 205 g/mol.